The van der Waals surface area contributed by atoms with Crippen molar-refractivity contribution in [2.75, 3.05) is 6.26 Å². The highest BCUT2D eigenvalue weighted by atomic mass is 32.2. The summed E-state index contributed by atoms with van der Waals surface area (Å²) in [6.45, 7) is 5.72. The van der Waals surface area contributed by atoms with Crippen molar-refractivity contribution in [2.45, 2.75) is 45.7 Å². The molecule has 0 bridgehead atoms. The monoisotopic (exact) mass is 332 g/mol. The highest BCUT2D eigenvalue weighted by Gasteiger charge is 2.27. The maximum absolute atomic E-state index is 12.3. The van der Waals surface area contributed by atoms with Crippen LogP contribution in [-0.2, 0) is 21.2 Å². The molecule has 0 aliphatic carbocycles. The van der Waals surface area contributed by atoms with Crippen LogP contribution in [0.1, 0.15) is 32.1 Å². The lowest BCUT2D eigenvalue weighted by Gasteiger charge is -2.24. The SMILES string of the molecule is CCC(C)C(NS(C)(=O)=O)C(=O)NC(C)Cc1cccs1. The van der Waals surface area contributed by atoms with Gasteiger partial charge in [-0.05, 0) is 24.3 Å². The van der Waals surface area contributed by atoms with Gasteiger partial charge in [0.1, 0.15) is 6.04 Å². The van der Waals surface area contributed by atoms with Crippen molar-refractivity contribution < 1.29 is 13.2 Å². The van der Waals surface area contributed by atoms with Gasteiger partial charge in [0.2, 0.25) is 15.9 Å². The predicted molar refractivity (Wildman–Crippen MR) is 86.9 cm³/mol. The van der Waals surface area contributed by atoms with Crippen molar-refractivity contribution in [3.8, 4) is 0 Å². The summed E-state index contributed by atoms with van der Waals surface area (Å²) >= 11 is 1.64. The number of rotatable bonds is 8. The molecule has 21 heavy (non-hydrogen) atoms. The Morgan fingerprint density at radius 3 is 2.52 bits per heavy atom. The molecule has 1 amide bonds. The van der Waals surface area contributed by atoms with Gasteiger partial charge in [-0.1, -0.05) is 26.3 Å². The van der Waals surface area contributed by atoms with E-state index in [1.165, 1.54) is 4.88 Å². The van der Waals surface area contributed by atoms with Crippen LogP contribution in [0.3, 0.4) is 0 Å². The van der Waals surface area contributed by atoms with Crippen LogP contribution in [0.4, 0.5) is 0 Å². The summed E-state index contributed by atoms with van der Waals surface area (Å²) in [6.07, 6.45) is 2.54. The summed E-state index contributed by atoms with van der Waals surface area (Å²) in [7, 11) is -3.42. The first kappa shape index (κ1) is 18.1. The minimum atomic E-state index is -3.42. The molecule has 0 aliphatic heterocycles. The fraction of sp³-hybridized carbons (Fsp3) is 0.643. The number of thiophene rings is 1. The van der Waals surface area contributed by atoms with Crippen LogP contribution in [-0.4, -0.2) is 32.7 Å². The molecule has 7 heteroatoms. The van der Waals surface area contributed by atoms with Crippen molar-refractivity contribution in [2.24, 2.45) is 5.92 Å². The van der Waals surface area contributed by atoms with Crippen LogP contribution in [0.2, 0.25) is 0 Å². The largest absolute Gasteiger partial charge is 0.352 e. The van der Waals surface area contributed by atoms with Crippen molar-refractivity contribution in [1.82, 2.24) is 10.0 Å². The Balaban J connectivity index is 2.67. The van der Waals surface area contributed by atoms with E-state index in [1.54, 1.807) is 11.3 Å². The number of amides is 1. The van der Waals surface area contributed by atoms with Crippen LogP contribution in [0.15, 0.2) is 17.5 Å². The molecule has 0 saturated heterocycles. The van der Waals surface area contributed by atoms with Gasteiger partial charge in [-0.25, -0.2) is 13.1 Å². The second kappa shape index (κ2) is 7.91. The van der Waals surface area contributed by atoms with E-state index in [0.717, 1.165) is 19.1 Å². The molecule has 3 unspecified atom stereocenters. The molecule has 0 fully saturated rings. The number of hydrogen-bond donors (Lipinski definition) is 2. The third-order valence-corrected chi connectivity index (χ3v) is 4.89. The van der Waals surface area contributed by atoms with Crippen molar-refractivity contribution in [3.63, 3.8) is 0 Å². The fourth-order valence-electron chi connectivity index (χ4n) is 2.01. The van der Waals surface area contributed by atoms with Crippen LogP contribution in [0.25, 0.3) is 0 Å². The maximum atomic E-state index is 12.3. The summed E-state index contributed by atoms with van der Waals surface area (Å²) in [4.78, 5) is 13.5. The van der Waals surface area contributed by atoms with Gasteiger partial charge in [-0.2, -0.15) is 0 Å². The maximum Gasteiger partial charge on any atom is 0.238 e. The predicted octanol–water partition coefficient (Wildman–Crippen LogP) is 1.76. The van der Waals surface area contributed by atoms with Gasteiger partial charge in [0, 0.05) is 17.3 Å². The standard InChI is InChI=1S/C14H24N2O3S2/c1-5-10(2)13(16-21(4,18)19)14(17)15-11(3)9-12-7-6-8-20-12/h6-8,10-11,13,16H,5,9H2,1-4H3,(H,15,17). The third-order valence-electron chi connectivity index (χ3n) is 3.31. The Labute approximate surface area is 131 Å². The molecule has 3 atom stereocenters. The Kier molecular flexibility index (Phi) is 6.83. The van der Waals surface area contributed by atoms with E-state index in [-0.39, 0.29) is 17.9 Å². The Hall–Kier alpha value is -0.920. The Morgan fingerprint density at radius 2 is 2.05 bits per heavy atom. The van der Waals surface area contributed by atoms with Gasteiger partial charge < -0.3 is 5.32 Å². The van der Waals surface area contributed by atoms with Gasteiger partial charge in [-0.15, -0.1) is 11.3 Å². The number of hydrogen-bond acceptors (Lipinski definition) is 4. The van der Waals surface area contributed by atoms with E-state index in [0.29, 0.717) is 0 Å². The van der Waals surface area contributed by atoms with Crippen LogP contribution in [0, 0.1) is 5.92 Å². The third kappa shape index (κ3) is 6.58. The van der Waals surface area contributed by atoms with Crippen LogP contribution < -0.4 is 10.0 Å². The molecule has 5 nitrogen and oxygen atoms in total. The van der Waals surface area contributed by atoms with E-state index in [1.807, 2.05) is 38.3 Å². The molecule has 0 saturated carbocycles. The lowest BCUT2D eigenvalue weighted by atomic mass is 9.99. The molecule has 0 radical (unpaired) electrons. The normalized spacial score (nSPS) is 16.2. The zero-order valence-electron chi connectivity index (χ0n) is 12.9. The molecule has 120 valence electrons. The quantitative estimate of drug-likeness (QED) is 0.762. The van der Waals surface area contributed by atoms with Crippen molar-refractivity contribution >= 4 is 27.3 Å². The summed E-state index contributed by atoms with van der Waals surface area (Å²) in [5.74, 6) is -0.326. The number of nitrogens with one attached hydrogen (secondary N) is 2. The van der Waals surface area contributed by atoms with E-state index in [2.05, 4.69) is 10.0 Å². The van der Waals surface area contributed by atoms with Gasteiger partial charge >= 0.3 is 0 Å². The number of carbonyl (C=O) groups excluding carboxylic acids is 1. The summed E-state index contributed by atoms with van der Waals surface area (Å²) in [5, 5.41) is 4.89. The molecule has 0 spiro atoms. The average Bonchev–Trinajstić information content (AvgIpc) is 2.86. The topological polar surface area (TPSA) is 75.3 Å². The van der Waals surface area contributed by atoms with Gasteiger partial charge in [-0.3, -0.25) is 4.79 Å². The first-order valence-corrected chi connectivity index (χ1v) is 9.80. The second-order valence-electron chi connectivity index (χ2n) is 5.45. The Morgan fingerprint density at radius 1 is 1.38 bits per heavy atom. The van der Waals surface area contributed by atoms with Gasteiger partial charge in [0.15, 0.2) is 0 Å². The number of carbonyl (C=O) groups is 1. The highest BCUT2D eigenvalue weighted by molar-refractivity contribution is 7.88. The van der Waals surface area contributed by atoms with E-state index in [4.69, 9.17) is 0 Å². The molecular formula is C14H24N2O3S2. The van der Waals surface area contributed by atoms with Gasteiger partial charge in [0.25, 0.3) is 0 Å². The molecule has 2 N–H and O–H groups in total. The average molecular weight is 332 g/mol. The van der Waals surface area contributed by atoms with Crippen molar-refractivity contribution in [3.05, 3.63) is 22.4 Å². The zero-order valence-corrected chi connectivity index (χ0v) is 14.6. The van der Waals surface area contributed by atoms with Crippen LogP contribution >= 0.6 is 11.3 Å². The van der Waals surface area contributed by atoms with Gasteiger partial charge in [0.05, 0.1) is 6.26 Å². The fourth-order valence-corrected chi connectivity index (χ4v) is 3.64. The van der Waals surface area contributed by atoms with Crippen molar-refractivity contribution in [1.29, 1.82) is 0 Å². The highest BCUT2D eigenvalue weighted by Crippen LogP contribution is 2.12. The molecule has 0 aliphatic rings. The smallest absolute Gasteiger partial charge is 0.238 e. The Bertz CT molecular complexity index is 541. The summed E-state index contributed by atoms with van der Waals surface area (Å²) in [6, 6.07) is 3.23. The first-order chi connectivity index (χ1) is 9.73. The summed E-state index contributed by atoms with van der Waals surface area (Å²) in [5.41, 5.74) is 0. The van der Waals surface area contributed by atoms with Crippen LogP contribution in [0.5, 0.6) is 0 Å². The minimum Gasteiger partial charge on any atom is -0.352 e. The molecule has 1 rings (SSSR count). The molecule has 1 aromatic rings. The zero-order chi connectivity index (χ0) is 16.0. The van der Waals surface area contributed by atoms with E-state index in [9.17, 15) is 13.2 Å². The molecular weight excluding hydrogens is 308 g/mol. The molecule has 1 heterocycles. The molecule has 0 aromatic carbocycles. The number of sulfonamides is 1. The van der Waals surface area contributed by atoms with E-state index >= 15 is 0 Å². The minimum absolute atomic E-state index is 0.0379. The van der Waals surface area contributed by atoms with E-state index < -0.39 is 16.1 Å². The second-order valence-corrected chi connectivity index (χ2v) is 8.26. The first-order valence-electron chi connectivity index (χ1n) is 7.03. The lowest BCUT2D eigenvalue weighted by molar-refractivity contribution is -0.124. The lowest BCUT2D eigenvalue weighted by Crippen LogP contribution is -2.52. The summed E-state index contributed by atoms with van der Waals surface area (Å²) < 4.78 is 25.3. The molecule has 1 aromatic heterocycles.